The summed E-state index contributed by atoms with van der Waals surface area (Å²) in [6.07, 6.45) is 5.97. The highest BCUT2D eigenvalue weighted by atomic mass is 16.4. The molecule has 0 bridgehead atoms. The molecule has 1 saturated carbocycles. The third-order valence-electron chi connectivity index (χ3n) is 5.91. The molecule has 3 aliphatic rings. The number of likely N-dealkylation sites (tertiary alicyclic amines) is 1. The summed E-state index contributed by atoms with van der Waals surface area (Å²) in [5.41, 5.74) is -0.0633. The van der Waals surface area contributed by atoms with Crippen molar-refractivity contribution in [1.29, 1.82) is 0 Å². The number of nitrogens with zero attached hydrogens (tertiary/aromatic N) is 4. The summed E-state index contributed by atoms with van der Waals surface area (Å²) in [6.45, 7) is 4.16. The van der Waals surface area contributed by atoms with Gasteiger partial charge in [0.1, 0.15) is 17.7 Å². The van der Waals surface area contributed by atoms with Gasteiger partial charge in [0.2, 0.25) is 5.91 Å². The number of amides is 1. The first kappa shape index (κ1) is 16.3. The molecule has 1 aliphatic carbocycles. The fourth-order valence-corrected chi connectivity index (χ4v) is 4.27. The van der Waals surface area contributed by atoms with Crippen molar-refractivity contribution in [3.05, 3.63) is 18.1 Å². The lowest BCUT2D eigenvalue weighted by Crippen LogP contribution is -2.43. The summed E-state index contributed by atoms with van der Waals surface area (Å²) in [7, 11) is 0. The third kappa shape index (κ3) is 3.07. The zero-order valence-electron chi connectivity index (χ0n) is 14.5. The second kappa shape index (κ2) is 5.97. The summed E-state index contributed by atoms with van der Waals surface area (Å²) in [5, 5.41) is 9.59. The Kier molecular flexibility index (Phi) is 3.89. The molecule has 2 saturated heterocycles. The van der Waals surface area contributed by atoms with Gasteiger partial charge < -0.3 is 14.9 Å². The molecule has 3 heterocycles. The van der Waals surface area contributed by atoms with Crippen molar-refractivity contribution in [1.82, 2.24) is 14.9 Å². The Labute approximate surface area is 147 Å². The van der Waals surface area contributed by atoms with E-state index in [1.165, 1.54) is 0 Å². The fraction of sp³-hybridized carbons (Fsp3) is 0.667. The second-order valence-electron chi connectivity index (χ2n) is 7.75. The van der Waals surface area contributed by atoms with Crippen LogP contribution in [0.25, 0.3) is 0 Å². The minimum absolute atomic E-state index is 0.0538. The van der Waals surface area contributed by atoms with E-state index in [0.717, 1.165) is 50.4 Å². The number of aliphatic carboxylic acids is 1. The number of carbonyl (C=O) groups excluding carboxylic acids is 1. The molecule has 7 nitrogen and oxygen atoms in total. The van der Waals surface area contributed by atoms with Crippen LogP contribution in [0.2, 0.25) is 0 Å². The van der Waals surface area contributed by atoms with Crippen LogP contribution >= 0.6 is 0 Å². The minimum Gasteiger partial charge on any atom is -0.480 e. The first-order valence-electron chi connectivity index (χ1n) is 9.05. The van der Waals surface area contributed by atoms with Crippen LogP contribution in [-0.4, -0.2) is 57.5 Å². The normalized spacial score (nSPS) is 25.4. The fourth-order valence-electron chi connectivity index (χ4n) is 4.27. The molecule has 1 aromatic heterocycles. The quantitative estimate of drug-likeness (QED) is 0.893. The molecule has 1 spiro atoms. The Hall–Kier alpha value is -2.18. The number of rotatable bonds is 3. The first-order valence-corrected chi connectivity index (χ1v) is 9.05. The molecule has 134 valence electrons. The second-order valence-corrected chi connectivity index (χ2v) is 7.75. The van der Waals surface area contributed by atoms with Crippen LogP contribution in [0.1, 0.15) is 37.9 Å². The van der Waals surface area contributed by atoms with Crippen LogP contribution in [0.3, 0.4) is 0 Å². The van der Waals surface area contributed by atoms with Crippen LogP contribution in [-0.2, 0) is 9.59 Å². The van der Waals surface area contributed by atoms with E-state index >= 15 is 0 Å². The van der Waals surface area contributed by atoms with Crippen LogP contribution in [0.5, 0.6) is 0 Å². The number of anilines is 1. The highest BCUT2D eigenvalue weighted by Crippen LogP contribution is 2.46. The van der Waals surface area contributed by atoms with Gasteiger partial charge in [0.05, 0.1) is 0 Å². The lowest BCUT2D eigenvalue weighted by atomic mass is 9.76. The molecule has 3 fully saturated rings. The number of hydrogen-bond acceptors (Lipinski definition) is 5. The Bertz CT molecular complexity index is 695. The number of carboxylic acids is 1. The summed E-state index contributed by atoms with van der Waals surface area (Å²) in [6, 6.07) is 1.27. The molecule has 0 unspecified atom stereocenters. The Morgan fingerprint density at radius 3 is 2.60 bits per heavy atom. The van der Waals surface area contributed by atoms with Gasteiger partial charge in [-0.2, -0.15) is 0 Å². The van der Waals surface area contributed by atoms with Gasteiger partial charge in [-0.25, -0.2) is 14.8 Å². The lowest BCUT2D eigenvalue weighted by molar-refractivity contribution is -0.148. The van der Waals surface area contributed by atoms with Gasteiger partial charge in [-0.15, -0.1) is 0 Å². The van der Waals surface area contributed by atoms with E-state index in [-0.39, 0.29) is 17.2 Å². The van der Waals surface area contributed by atoms with E-state index in [1.54, 1.807) is 11.1 Å². The molecule has 1 aromatic rings. The zero-order valence-corrected chi connectivity index (χ0v) is 14.5. The molecule has 25 heavy (non-hydrogen) atoms. The van der Waals surface area contributed by atoms with Gasteiger partial charge in [0.15, 0.2) is 0 Å². The van der Waals surface area contributed by atoms with Crippen molar-refractivity contribution in [2.45, 2.75) is 45.1 Å². The van der Waals surface area contributed by atoms with Crippen molar-refractivity contribution >= 4 is 17.7 Å². The van der Waals surface area contributed by atoms with E-state index in [9.17, 15) is 14.7 Å². The van der Waals surface area contributed by atoms with E-state index < -0.39 is 12.0 Å². The van der Waals surface area contributed by atoms with Crippen molar-refractivity contribution in [3.8, 4) is 0 Å². The SMILES string of the molecule is Cc1nccc(N2CCC3(CC2)C[C@H](C(=O)O)N(C(=O)C2CC2)C3)n1. The monoisotopic (exact) mass is 344 g/mol. The van der Waals surface area contributed by atoms with Gasteiger partial charge >= 0.3 is 5.97 Å². The van der Waals surface area contributed by atoms with E-state index in [0.29, 0.717) is 13.0 Å². The van der Waals surface area contributed by atoms with Crippen molar-refractivity contribution in [2.75, 3.05) is 24.5 Å². The predicted octanol–water partition coefficient (Wildman–Crippen LogP) is 1.47. The lowest BCUT2D eigenvalue weighted by Gasteiger charge is -2.39. The van der Waals surface area contributed by atoms with Crippen LogP contribution in [0.15, 0.2) is 12.3 Å². The number of carboxylic acid groups (broad SMARTS) is 1. The van der Waals surface area contributed by atoms with Crippen LogP contribution in [0.4, 0.5) is 5.82 Å². The maximum absolute atomic E-state index is 12.5. The topological polar surface area (TPSA) is 86.6 Å². The van der Waals surface area contributed by atoms with Gasteiger partial charge in [0, 0.05) is 31.7 Å². The number of carbonyl (C=O) groups is 2. The Morgan fingerprint density at radius 2 is 2.00 bits per heavy atom. The van der Waals surface area contributed by atoms with Crippen molar-refractivity contribution < 1.29 is 14.7 Å². The number of aromatic nitrogens is 2. The largest absolute Gasteiger partial charge is 0.480 e. The molecule has 0 radical (unpaired) electrons. The van der Waals surface area contributed by atoms with Crippen molar-refractivity contribution in [3.63, 3.8) is 0 Å². The predicted molar refractivity (Wildman–Crippen MR) is 91.1 cm³/mol. The summed E-state index contributed by atoms with van der Waals surface area (Å²) < 4.78 is 0. The molecule has 1 N–H and O–H groups in total. The third-order valence-corrected chi connectivity index (χ3v) is 5.91. The summed E-state index contributed by atoms with van der Waals surface area (Å²) in [4.78, 5) is 36.7. The van der Waals surface area contributed by atoms with Gasteiger partial charge in [0.25, 0.3) is 0 Å². The molecular weight excluding hydrogens is 320 g/mol. The van der Waals surface area contributed by atoms with Gasteiger partial charge in [-0.1, -0.05) is 0 Å². The molecular formula is C18H24N4O3. The number of piperidine rings is 1. The Balaban J connectivity index is 1.46. The Morgan fingerprint density at radius 1 is 1.28 bits per heavy atom. The van der Waals surface area contributed by atoms with Gasteiger partial charge in [-0.05, 0) is 50.5 Å². The minimum atomic E-state index is -0.861. The van der Waals surface area contributed by atoms with Crippen molar-refractivity contribution in [2.24, 2.45) is 11.3 Å². The summed E-state index contributed by atoms with van der Waals surface area (Å²) in [5.74, 6) is 0.950. The van der Waals surface area contributed by atoms with E-state index in [4.69, 9.17) is 0 Å². The molecule has 1 atom stereocenters. The van der Waals surface area contributed by atoms with Gasteiger partial charge in [-0.3, -0.25) is 4.79 Å². The molecule has 4 rings (SSSR count). The number of aryl methyl sites for hydroxylation is 1. The average Bonchev–Trinajstić information content (AvgIpc) is 3.37. The number of hydrogen-bond donors (Lipinski definition) is 1. The summed E-state index contributed by atoms with van der Waals surface area (Å²) >= 11 is 0. The molecule has 0 aromatic carbocycles. The zero-order chi connectivity index (χ0) is 17.6. The maximum Gasteiger partial charge on any atom is 0.326 e. The highest BCUT2D eigenvalue weighted by molar-refractivity contribution is 5.87. The smallest absolute Gasteiger partial charge is 0.326 e. The first-order chi connectivity index (χ1) is 12.0. The van der Waals surface area contributed by atoms with Crippen LogP contribution < -0.4 is 4.90 Å². The maximum atomic E-state index is 12.5. The molecule has 1 amide bonds. The van der Waals surface area contributed by atoms with Crippen LogP contribution in [0, 0.1) is 18.3 Å². The van der Waals surface area contributed by atoms with E-state index in [1.807, 2.05) is 13.0 Å². The van der Waals surface area contributed by atoms with E-state index in [2.05, 4.69) is 14.9 Å². The molecule has 7 heteroatoms. The highest BCUT2D eigenvalue weighted by Gasteiger charge is 2.51. The average molecular weight is 344 g/mol. The molecule has 2 aliphatic heterocycles. The standard InChI is InChI=1S/C18H24N4O3/c1-12-19-7-4-15(20-12)21-8-5-18(6-9-21)10-14(17(24)25)22(11-18)16(23)13-2-3-13/h4,7,13-14H,2-3,5-6,8-11H2,1H3,(H,24,25)/t14-/m1/s1.